The molecular weight excluding hydrogens is 409 g/mol. The Labute approximate surface area is 185 Å². The minimum absolute atomic E-state index is 0.141. The Morgan fingerprint density at radius 2 is 2.00 bits per heavy atom. The van der Waals surface area contributed by atoms with Crippen LogP contribution in [0.2, 0.25) is 0 Å². The van der Waals surface area contributed by atoms with Crippen LogP contribution in [0.5, 0.6) is 0 Å². The first-order valence-corrected chi connectivity index (χ1v) is 10.2. The lowest BCUT2D eigenvalue weighted by Crippen LogP contribution is -2.13. The SMILES string of the molecule is Cn1ncc(-c2ccc(CNc3ccc(F)c(NC(=O)CCc4ccco4)c3)cc2)c1N. The number of carbonyl (C=O) groups is 1. The number of aromatic nitrogens is 2. The van der Waals surface area contributed by atoms with Gasteiger partial charge in [-0.15, -0.1) is 0 Å². The Balaban J connectivity index is 1.35. The summed E-state index contributed by atoms with van der Waals surface area (Å²) in [7, 11) is 1.80. The maximum Gasteiger partial charge on any atom is 0.224 e. The molecule has 8 heteroatoms. The second-order valence-corrected chi connectivity index (χ2v) is 7.44. The summed E-state index contributed by atoms with van der Waals surface area (Å²) in [6.45, 7) is 0.542. The van der Waals surface area contributed by atoms with Crippen LogP contribution in [0.25, 0.3) is 11.1 Å². The van der Waals surface area contributed by atoms with E-state index in [-0.39, 0.29) is 18.0 Å². The Morgan fingerprint density at radius 1 is 1.19 bits per heavy atom. The average molecular weight is 433 g/mol. The normalized spacial score (nSPS) is 10.8. The van der Waals surface area contributed by atoms with Gasteiger partial charge in [-0.2, -0.15) is 5.10 Å². The van der Waals surface area contributed by atoms with Crippen LogP contribution in [0.1, 0.15) is 17.7 Å². The van der Waals surface area contributed by atoms with Gasteiger partial charge in [0, 0.05) is 37.7 Å². The van der Waals surface area contributed by atoms with Gasteiger partial charge >= 0.3 is 0 Å². The van der Waals surface area contributed by atoms with Crippen LogP contribution in [-0.4, -0.2) is 15.7 Å². The number of nitrogens with two attached hydrogens (primary N) is 1. The molecule has 2 aromatic carbocycles. The quantitative estimate of drug-likeness (QED) is 0.378. The van der Waals surface area contributed by atoms with E-state index in [9.17, 15) is 9.18 Å². The summed E-state index contributed by atoms with van der Waals surface area (Å²) in [6, 6.07) is 16.1. The largest absolute Gasteiger partial charge is 0.469 e. The first-order valence-electron chi connectivity index (χ1n) is 10.2. The standard InChI is InChI=1S/C24H24FN5O2/c1-30-24(26)20(15-28-30)17-6-4-16(5-7-17)14-27-18-8-10-21(25)22(13-18)29-23(31)11-9-19-3-2-12-32-19/h2-8,10,12-13,15,27H,9,11,14,26H2,1H3,(H,29,31). The molecule has 0 unspecified atom stereocenters. The van der Waals surface area contributed by atoms with E-state index in [2.05, 4.69) is 15.7 Å². The number of aryl methyl sites for hydroxylation is 2. The summed E-state index contributed by atoms with van der Waals surface area (Å²) >= 11 is 0. The summed E-state index contributed by atoms with van der Waals surface area (Å²) < 4.78 is 21.0. The van der Waals surface area contributed by atoms with Crippen LogP contribution in [-0.2, 0) is 24.8 Å². The molecule has 2 aromatic heterocycles. The number of benzene rings is 2. The number of anilines is 3. The minimum Gasteiger partial charge on any atom is -0.469 e. The second kappa shape index (κ2) is 9.38. The van der Waals surface area contributed by atoms with E-state index in [4.69, 9.17) is 10.2 Å². The zero-order valence-corrected chi connectivity index (χ0v) is 17.6. The molecule has 164 valence electrons. The highest BCUT2D eigenvalue weighted by atomic mass is 19.1. The summed E-state index contributed by atoms with van der Waals surface area (Å²) in [6.07, 6.45) is 3.97. The number of nitrogens with zero attached hydrogens (tertiary/aromatic N) is 2. The minimum atomic E-state index is -0.486. The van der Waals surface area contributed by atoms with E-state index in [1.165, 1.54) is 6.07 Å². The van der Waals surface area contributed by atoms with Crippen molar-refractivity contribution >= 4 is 23.1 Å². The third-order valence-electron chi connectivity index (χ3n) is 5.17. The van der Waals surface area contributed by atoms with Gasteiger partial charge in [0.15, 0.2) is 0 Å². The molecule has 32 heavy (non-hydrogen) atoms. The Kier molecular flexibility index (Phi) is 6.21. The van der Waals surface area contributed by atoms with Gasteiger partial charge in [-0.05, 0) is 41.5 Å². The molecule has 0 aliphatic rings. The highest BCUT2D eigenvalue weighted by Gasteiger charge is 2.10. The van der Waals surface area contributed by atoms with E-state index in [1.807, 2.05) is 24.3 Å². The van der Waals surface area contributed by atoms with Gasteiger partial charge in [0.25, 0.3) is 0 Å². The third kappa shape index (κ3) is 4.97. The molecule has 0 aliphatic heterocycles. The zero-order valence-electron chi connectivity index (χ0n) is 17.6. The van der Waals surface area contributed by atoms with Crippen LogP contribution in [0.3, 0.4) is 0 Å². The fraction of sp³-hybridized carbons (Fsp3) is 0.167. The number of furan rings is 1. The van der Waals surface area contributed by atoms with Crippen LogP contribution >= 0.6 is 0 Å². The van der Waals surface area contributed by atoms with Crippen molar-refractivity contribution in [2.75, 3.05) is 16.4 Å². The van der Waals surface area contributed by atoms with Crippen LogP contribution in [0.15, 0.2) is 71.5 Å². The molecule has 4 aromatic rings. The molecule has 0 radical (unpaired) electrons. The number of hydrogen-bond donors (Lipinski definition) is 3. The van der Waals surface area contributed by atoms with Crippen molar-refractivity contribution in [1.82, 2.24) is 9.78 Å². The highest BCUT2D eigenvalue weighted by Crippen LogP contribution is 2.26. The fourth-order valence-corrected chi connectivity index (χ4v) is 3.31. The Bertz CT molecular complexity index is 1200. The Morgan fingerprint density at radius 3 is 2.69 bits per heavy atom. The lowest BCUT2D eigenvalue weighted by Gasteiger charge is -2.11. The topological polar surface area (TPSA) is 98.1 Å². The lowest BCUT2D eigenvalue weighted by molar-refractivity contribution is -0.116. The fourth-order valence-electron chi connectivity index (χ4n) is 3.31. The zero-order chi connectivity index (χ0) is 22.5. The van der Waals surface area contributed by atoms with E-state index in [0.29, 0.717) is 30.2 Å². The van der Waals surface area contributed by atoms with Crippen LogP contribution in [0, 0.1) is 5.82 Å². The molecule has 0 saturated heterocycles. The molecule has 0 fully saturated rings. The van der Waals surface area contributed by atoms with Gasteiger partial charge in [-0.1, -0.05) is 24.3 Å². The predicted molar refractivity (Wildman–Crippen MR) is 122 cm³/mol. The average Bonchev–Trinajstić information content (AvgIpc) is 3.43. The number of nitrogen functional groups attached to an aromatic ring is 1. The van der Waals surface area contributed by atoms with Gasteiger partial charge in [0.05, 0.1) is 18.1 Å². The van der Waals surface area contributed by atoms with Crippen molar-refractivity contribution in [3.8, 4) is 11.1 Å². The molecule has 0 saturated carbocycles. The number of amides is 1. The summed E-state index contributed by atoms with van der Waals surface area (Å²) in [5, 5.41) is 10.1. The lowest BCUT2D eigenvalue weighted by atomic mass is 10.1. The number of halogens is 1. The van der Waals surface area contributed by atoms with E-state index in [1.54, 1.807) is 48.5 Å². The number of carbonyl (C=O) groups excluding carboxylic acids is 1. The molecule has 4 N–H and O–H groups in total. The van der Waals surface area contributed by atoms with Crippen molar-refractivity contribution in [3.63, 3.8) is 0 Å². The summed E-state index contributed by atoms with van der Waals surface area (Å²) in [5.74, 6) is 0.567. The second-order valence-electron chi connectivity index (χ2n) is 7.44. The predicted octanol–water partition coefficient (Wildman–Crippen LogP) is 4.58. The summed E-state index contributed by atoms with van der Waals surface area (Å²) in [5.41, 5.74) is 9.80. The molecule has 7 nitrogen and oxygen atoms in total. The van der Waals surface area contributed by atoms with Gasteiger partial charge in [0.2, 0.25) is 5.91 Å². The molecular formula is C24H24FN5O2. The van der Waals surface area contributed by atoms with Crippen molar-refractivity contribution in [2.24, 2.45) is 7.05 Å². The Hall–Kier alpha value is -4.07. The van der Waals surface area contributed by atoms with Crippen LogP contribution in [0.4, 0.5) is 21.6 Å². The number of rotatable bonds is 8. The van der Waals surface area contributed by atoms with Gasteiger partial charge in [-0.25, -0.2) is 4.39 Å². The van der Waals surface area contributed by atoms with Crippen molar-refractivity contribution < 1.29 is 13.6 Å². The monoisotopic (exact) mass is 433 g/mol. The third-order valence-corrected chi connectivity index (χ3v) is 5.17. The van der Waals surface area contributed by atoms with E-state index < -0.39 is 5.82 Å². The molecule has 0 spiro atoms. The molecule has 0 bridgehead atoms. The van der Waals surface area contributed by atoms with Crippen molar-refractivity contribution in [1.29, 1.82) is 0 Å². The maximum atomic E-state index is 14.2. The maximum absolute atomic E-state index is 14.2. The van der Waals surface area contributed by atoms with E-state index >= 15 is 0 Å². The van der Waals surface area contributed by atoms with Gasteiger partial charge in [0.1, 0.15) is 17.4 Å². The summed E-state index contributed by atoms with van der Waals surface area (Å²) in [4.78, 5) is 12.2. The molecule has 4 rings (SSSR count). The van der Waals surface area contributed by atoms with Gasteiger partial charge < -0.3 is 20.8 Å². The first kappa shape index (κ1) is 21.2. The van der Waals surface area contributed by atoms with Crippen molar-refractivity contribution in [3.05, 3.63) is 84.2 Å². The first-order chi connectivity index (χ1) is 15.5. The van der Waals surface area contributed by atoms with Crippen molar-refractivity contribution in [2.45, 2.75) is 19.4 Å². The number of hydrogen-bond acceptors (Lipinski definition) is 5. The highest BCUT2D eigenvalue weighted by molar-refractivity contribution is 5.91. The number of nitrogens with one attached hydrogen (secondary N) is 2. The molecule has 0 aliphatic carbocycles. The molecule has 0 atom stereocenters. The molecule has 1 amide bonds. The van der Waals surface area contributed by atoms with E-state index in [0.717, 1.165) is 16.7 Å². The van der Waals surface area contributed by atoms with Crippen LogP contribution < -0.4 is 16.4 Å². The smallest absolute Gasteiger partial charge is 0.224 e. The molecule has 2 heterocycles. The van der Waals surface area contributed by atoms with Gasteiger partial charge in [-0.3, -0.25) is 9.48 Å².